The molecule has 0 saturated heterocycles. The Balaban J connectivity index is 2.50. The van der Waals surface area contributed by atoms with Crippen LogP contribution in [0.3, 0.4) is 0 Å². The summed E-state index contributed by atoms with van der Waals surface area (Å²) in [5, 5.41) is 3.02. The first-order chi connectivity index (χ1) is 7.06. The van der Waals surface area contributed by atoms with Crippen LogP contribution in [0, 0.1) is 5.41 Å². The van der Waals surface area contributed by atoms with Crippen molar-refractivity contribution in [2.24, 2.45) is 5.41 Å². The molecule has 1 N–H and O–H groups in total. The number of amides is 1. The summed E-state index contributed by atoms with van der Waals surface area (Å²) >= 11 is 0. The van der Waals surface area contributed by atoms with Crippen molar-refractivity contribution < 1.29 is 4.79 Å². The van der Waals surface area contributed by atoms with Gasteiger partial charge in [-0.3, -0.25) is 4.79 Å². The highest BCUT2D eigenvalue weighted by atomic mass is 16.1. The lowest BCUT2D eigenvalue weighted by molar-refractivity contribution is -0.121. The number of nitrogens with one attached hydrogen (secondary N) is 1. The van der Waals surface area contributed by atoms with Gasteiger partial charge < -0.3 is 5.32 Å². The molecule has 0 aromatic heterocycles. The first-order valence-electron chi connectivity index (χ1n) is 5.32. The van der Waals surface area contributed by atoms with Gasteiger partial charge >= 0.3 is 0 Å². The van der Waals surface area contributed by atoms with E-state index in [2.05, 4.69) is 31.8 Å². The third-order valence-corrected chi connectivity index (χ3v) is 2.63. The minimum Gasteiger partial charge on any atom is -0.349 e. The lowest BCUT2D eigenvalue weighted by atomic mass is 9.81. The number of allylic oxidation sites excluding steroid dienone is 3. The molecule has 1 aliphatic carbocycles. The molecule has 1 unspecified atom stereocenters. The van der Waals surface area contributed by atoms with Crippen LogP contribution >= 0.6 is 0 Å². The van der Waals surface area contributed by atoms with Crippen molar-refractivity contribution in [1.82, 2.24) is 5.32 Å². The molecule has 1 rings (SSSR count). The Morgan fingerprint density at radius 1 is 1.53 bits per heavy atom. The van der Waals surface area contributed by atoms with Crippen LogP contribution in [-0.4, -0.2) is 11.9 Å². The Kier molecular flexibility index (Phi) is 3.89. The maximum Gasteiger partial charge on any atom is 0.220 e. The third kappa shape index (κ3) is 3.39. The maximum atomic E-state index is 11.5. The van der Waals surface area contributed by atoms with E-state index < -0.39 is 0 Å². The highest BCUT2D eigenvalue weighted by molar-refractivity contribution is 5.76. The molecule has 0 radical (unpaired) electrons. The lowest BCUT2D eigenvalue weighted by Gasteiger charge is -2.32. The molecule has 0 saturated carbocycles. The first kappa shape index (κ1) is 11.8. The molecule has 15 heavy (non-hydrogen) atoms. The van der Waals surface area contributed by atoms with Gasteiger partial charge in [-0.2, -0.15) is 0 Å². The van der Waals surface area contributed by atoms with Gasteiger partial charge in [0.1, 0.15) is 0 Å². The van der Waals surface area contributed by atoms with Gasteiger partial charge in [0, 0.05) is 11.8 Å². The molecule has 0 fully saturated rings. The van der Waals surface area contributed by atoms with E-state index in [9.17, 15) is 4.79 Å². The predicted octanol–water partition coefficient (Wildman–Crippen LogP) is 2.59. The fraction of sp³-hybridized carbons (Fsp3) is 0.462. The van der Waals surface area contributed by atoms with Gasteiger partial charge in [0.05, 0.1) is 6.04 Å². The second-order valence-electron chi connectivity index (χ2n) is 4.44. The molecule has 1 amide bonds. The van der Waals surface area contributed by atoms with Gasteiger partial charge in [0.15, 0.2) is 0 Å². The van der Waals surface area contributed by atoms with E-state index >= 15 is 0 Å². The lowest BCUT2D eigenvalue weighted by Crippen LogP contribution is -2.43. The summed E-state index contributed by atoms with van der Waals surface area (Å²) in [4.78, 5) is 11.5. The average molecular weight is 205 g/mol. The van der Waals surface area contributed by atoms with Crippen LogP contribution in [0.5, 0.6) is 0 Å². The van der Waals surface area contributed by atoms with Crippen LogP contribution in [0.4, 0.5) is 0 Å². The van der Waals surface area contributed by atoms with Crippen LogP contribution in [0.15, 0.2) is 37.0 Å². The molecule has 2 nitrogen and oxygen atoms in total. The molecule has 82 valence electrons. The van der Waals surface area contributed by atoms with Gasteiger partial charge in [-0.1, -0.05) is 44.2 Å². The predicted molar refractivity (Wildman–Crippen MR) is 63.4 cm³/mol. The van der Waals surface area contributed by atoms with Crippen molar-refractivity contribution in [3.05, 3.63) is 37.0 Å². The molecule has 0 aromatic rings. The first-order valence-corrected chi connectivity index (χ1v) is 5.32. The van der Waals surface area contributed by atoms with Crippen LogP contribution in [0.2, 0.25) is 0 Å². The zero-order valence-electron chi connectivity index (χ0n) is 9.49. The van der Waals surface area contributed by atoms with E-state index in [1.807, 2.05) is 18.2 Å². The summed E-state index contributed by atoms with van der Waals surface area (Å²) in [5.74, 6) is 0.0907. The van der Waals surface area contributed by atoms with E-state index in [0.29, 0.717) is 6.42 Å². The topological polar surface area (TPSA) is 29.1 Å². The second-order valence-corrected chi connectivity index (χ2v) is 4.44. The Labute approximate surface area is 91.8 Å². The van der Waals surface area contributed by atoms with Crippen molar-refractivity contribution in [3.63, 3.8) is 0 Å². The summed E-state index contributed by atoms with van der Waals surface area (Å²) in [6.07, 6.45) is 11.2. The van der Waals surface area contributed by atoms with Crippen molar-refractivity contribution in [2.75, 3.05) is 0 Å². The standard InChI is InChI=1S/C13H19NO/c1-4-5-9-12(15)14-11-8-6-7-10-13(11,2)3/h4,6-8,10-11H,1,5,9H2,2-3H3,(H,14,15). The van der Waals surface area contributed by atoms with Gasteiger partial charge in [0.25, 0.3) is 0 Å². The normalized spacial score (nSPS) is 22.4. The molecule has 0 aliphatic heterocycles. The molecule has 1 atom stereocenters. The summed E-state index contributed by atoms with van der Waals surface area (Å²) < 4.78 is 0. The summed E-state index contributed by atoms with van der Waals surface area (Å²) in [5.41, 5.74) is -0.00140. The number of carbonyl (C=O) groups is 1. The fourth-order valence-corrected chi connectivity index (χ4v) is 1.54. The minimum atomic E-state index is -0.00140. The molecule has 0 aromatic carbocycles. The van der Waals surface area contributed by atoms with E-state index in [-0.39, 0.29) is 17.4 Å². The van der Waals surface area contributed by atoms with Crippen molar-refractivity contribution in [3.8, 4) is 0 Å². The van der Waals surface area contributed by atoms with Crippen LogP contribution < -0.4 is 5.32 Å². The van der Waals surface area contributed by atoms with Crippen molar-refractivity contribution >= 4 is 5.91 Å². The largest absolute Gasteiger partial charge is 0.349 e. The van der Waals surface area contributed by atoms with Crippen molar-refractivity contribution in [1.29, 1.82) is 0 Å². The number of hydrogen-bond acceptors (Lipinski definition) is 1. The van der Waals surface area contributed by atoms with E-state index in [0.717, 1.165) is 6.42 Å². The number of carbonyl (C=O) groups excluding carboxylic acids is 1. The van der Waals surface area contributed by atoms with Gasteiger partial charge in [-0.25, -0.2) is 0 Å². The Morgan fingerprint density at radius 2 is 2.27 bits per heavy atom. The Morgan fingerprint density at radius 3 is 2.87 bits per heavy atom. The number of hydrogen-bond donors (Lipinski definition) is 1. The Bertz CT molecular complexity index is 300. The third-order valence-electron chi connectivity index (χ3n) is 2.63. The molecule has 2 heteroatoms. The van der Waals surface area contributed by atoms with Gasteiger partial charge in [-0.15, -0.1) is 6.58 Å². The molecular formula is C13H19NO. The summed E-state index contributed by atoms with van der Waals surface area (Å²) in [6.45, 7) is 7.84. The molecule has 0 spiro atoms. The molecular weight excluding hydrogens is 186 g/mol. The summed E-state index contributed by atoms with van der Waals surface area (Å²) in [6, 6.07) is 0.0971. The summed E-state index contributed by atoms with van der Waals surface area (Å²) in [7, 11) is 0. The van der Waals surface area contributed by atoms with E-state index in [4.69, 9.17) is 0 Å². The van der Waals surface area contributed by atoms with Gasteiger partial charge in [0.2, 0.25) is 5.91 Å². The SMILES string of the molecule is C=CCCC(=O)NC1C=CC=CC1(C)C. The average Bonchev–Trinajstić information content (AvgIpc) is 2.18. The zero-order valence-corrected chi connectivity index (χ0v) is 9.49. The Hall–Kier alpha value is -1.31. The van der Waals surface area contributed by atoms with Gasteiger partial charge in [-0.05, 0) is 6.42 Å². The fourth-order valence-electron chi connectivity index (χ4n) is 1.54. The molecule has 0 heterocycles. The van der Waals surface area contributed by atoms with Crippen LogP contribution in [0.1, 0.15) is 26.7 Å². The zero-order chi connectivity index (χ0) is 11.3. The molecule has 0 bridgehead atoms. The van der Waals surface area contributed by atoms with E-state index in [1.54, 1.807) is 6.08 Å². The maximum absolute atomic E-state index is 11.5. The number of rotatable bonds is 4. The monoisotopic (exact) mass is 205 g/mol. The van der Waals surface area contributed by atoms with Crippen molar-refractivity contribution in [2.45, 2.75) is 32.7 Å². The quantitative estimate of drug-likeness (QED) is 0.702. The highest BCUT2D eigenvalue weighted by Gasteiger charge is 2.27. The molecule has 1 aliphatic rings. The smallest absolute Gasteiger partial charge is 0.220 e. The minimum absolute atomic E-state index is 0.00140. The highest BCUT2D eigenvalue weighted by Crippen LogP contribution is 2.26. The van der Waals surface area contributed by atoms with Crippen LogP contribution in [0.25, 0.3) is 0 Å². The second kappa shape index (κ2) is 4.96. The van der Waals surface area contributed by atoms with E-state index in [1.165, 1.54) is 0 Å². The van der Waals surface area contributed by atoms with Crippen LogP contribution in [-0.2, 0) is 4.79 Å².